The zero-order chi connectivity index (χ0) is 15.4. The molecule has 0 saturated carbocycles. The van der Waals surface area contributed by atoms with Crippen LogP contribution < -0.4 is 11.1 Å². The molecule has 1 aliphatic heterocycles. The topological polar surface area (TPSA) is 117 Å². The van der Waals surface area contributed by atoms with E-state index in [0.29, 0.717) is 17.1 Å². The zero-order valence-electron chi connectivity index (χ0n) is 11.4. The molecule has 1 heterocycles. The van der Waals surface area contributed by atoms with Crippen molar-refractivity contribution in [1.82, 2.24) is 4.90 Å². The molecular weight excluding hydrogens is 276 g/mol. The monoisotopic (exact) mass is 292 g/mol. The number of para-hydroxylation sites is 2. The van der Waals surface area contributed by atoms with Crippen LogP contribution >= 0.6 is 0 Å². The second kappa shape index (κ2) is 6.12. The van der Waals surface area contributed by atoms with Crippen LogP contribution in [0.5, 0.6) is 0 Å². The third kappa shape index (κ3) is 3.22. The number of rotatable bonds is 3. The third-order valence-electron chi connectivity index (χ3n) is 3.15. The van der Waals surface area contributed by atoms with Crippen molar-refractivity contribution >= 4 is 29.1 Å². The fourth-order valence-corrected chi connectivity index (χ4v) is 2.16. The standard InChI is InChI=1S/C13H16N4O4/c1-21-16-8-6-11(17(7-8)13(19)20)12(18)15-10-5-3-2-4-9(10)14/h2-5,11H,6-7,14H2,1H3,(H,15,18)(H,19,20)/b16-8+. The minimum atomic E-state index is -1.18. The molecule has 0 spiro atoms. The molecule has 8 nitrogen and oxygen atoms in total. The maximum atomic E-state index is 12.3. The van der Waals surface area contributed by atoms with Crippen LogP contribution in [0.4, 0.5) is 16.2 Å². The summed E-state index contributed by atoms with van der Waals surface area (Å²) in [5, 5.41) is 15.5. The predicted molar refractivity (Wildman–Crippen MR) is 77.1 cm³/mol. The van der Waals surface area contributed by atoms with Crippen molar-refractivity contribution in [2.45, 2.75) is 12.5 Å². The number of carbonyl (C=O) groups excluding carboxylic acids is 1. The van der Waals surface area contributed by atoms with E-state index >= 15 is 0 Å². The number of benzene rings is 1. The van der Waals surface area contributed by atoms with E-state index in [-0.39, 0.29) is 13.0 Å². The van der Waals surface area contributed by atoms with Crippen LogP contribution in [0.3, 0.4) is 0 Å². The van der Waals surface area contributed by atoms with E-state index in [1.807, 2.05) is 0 Å². The summed E-state index contributed by atoms with van der Waals surface area (Å²) in [4.78, 5) is 29.1. The summed E-state index contributed by atoms with van der Waals surface area (Å²) < 4.78 is 0. The van der Waals surface area contributed by atoms with Crippen molar-refractivity contribution in [3.05, 3.63) is 24.3 Å². The van der Waals surface area contributed by atoms with Gasteiger partial charge in [-0.05, 0) is 12.1 Å². The number of carboxylic acid groups (broad SMARTS) is 1. The van der Waals surface area contributed by atoms with Crippen LogP contribution in [-0.4, -0.2) is 47.4 Å². The van der Waals surface area contributed by atoms with Gasteiger partial charge in [-0.25, -0.2) is 4.79 Å². The van der Waals surface area contributed by atoms with Gasteiger partial charge < -0.3 is 21.0 Å². The molecule has 1 atom stereocenters. The van der Waals surface area contributed by atoms with Crippen molar-refractivity contribution in [1.29, 1.82) is 0 Å². The van der Waals surface area contributed by atoms with Crippen LogP contribution in [0.25, 0.3) is 0 Å². The molecule has 4 N–H and O–H groups in total. The first-order chi connectivity index (χ1) is 10.0. The molecule has 2 amide bonds. The van der Waals surface area contributed by atoms with Crippen LogP contribution in [0.2, 0.25) is 0 Å². The van der Waals surface area contributed by atoms with Crippen LogP contribution in [0, 0.1) is 0 Å². The molecule has 1 aromatic rings. The number of nitrogens with two attached hydrogens (primary N) is 1. The Balaban J connectivity index is 2.15. The highest BCUT2D eigenvalue weighted by molar-refractivity contribution is 6.05. The first-order valence-electron chi connectivity index (χ1n) is 6.26. The van der Waals surface area contributed by atoms with E-state index in [2.05, 4.69) is 15.3 Å². The number of oxime groups is 1. The Morgan fingerprint density at radius 2 is 2.19 bits per heavy atom. The number of hydrogen-bond donors (Lipinski definition) is 3. The lowest BCUT2D eigenvalue weighted by atomic mass is 10.2. The molecule has 1 aromatic carbocycles. The Kier molecular flexibility index (Phi) is 4.27. The average Bonchev–Trinajstić information content (AvgIpc) is 2.86. The predicted octanol–water partition coefficient (Wildman–Crippen LogP) is 0.962. The number of carbonyl (C=O) groups is 2. The number of nitrogens with zero attached hydrogens (tertiary/aromatic N) is 2. The molecule has 1 fully saturated rings. The minimum absolute atomic E-state index is 0.0472. The van der Waals surface area contributed by atoms with E-state index in [0.717, 1.165) is 4.90 Å². The average molecular weight is 292 g/mol. The zero-order valence-corrected chi connectivity index (χ0v) is 11.4. The summed E-state index contributed by atoms with van der Waals surface area (Å²) in [6.07, 6.45) is -0.990. The van der Waals surface area contributed by atoms with Gasteiger partial charge in [0.2, 0.25) is 5.91 Å². The SMILES string of the molecule is CO/N=C1\CC(C(=O)Nc2ccccc2N)N(C(=O)O)C1. The van der Waals surface area contributed by atoms with Crippen LogP contribution in [-0.2, 0) is 9.63 Å². The first kappa shape index (κ1) is 14.6. The molecule has 1 unspecified atom stereocenters. The van der Waals surface area contributed by atoms with E-state index in [1.165, 1.54) is 7.11 Å². The molecule has 0 radical (unpaired) electrons. The molecule has 8 heteroatoms. The number of nitrogen functional groups attached to an aromatic ring is 1. The lowest BCUT2D eigenvalue weighted by Crippen LogP contribution is -2.42. The first-order valence-corrected chi connectivity index (χ1v) is 6.26. The molecule has 0 bridgehead atoms. The summed E-state index contributed by atoms with van der Waals surface area (Å²) in [5.74, 6) is -0.448. The van der Waals surface area contributed by atoms with E-state index in [1.54, 1.807) is 24.3 Å². The van der Waals surface area contributed by atoms with Crippen molar-refractivity contribution in [2.24, 2.45) is 5.16 Å². The molecule has 1 saturated heterocycles. The number of hydrogen-bond acceptors (Lipinski definition) is 5. The molecule has 0 aliphatic carbocycles. The number of amides is 2. The Hall–Kier alpha value is -2.77. The Bertz CT molecular complexity index is 587. The summed E-state index contributed by atoms with van der Waals surface area (Å²) in [5.41, 5.74) is 7.11. The van der Waals surface area contributed by atoms with E-state index < -0.39 is 18.0 Å². The van der Waals surface area contributed by atoms with Gasteiger partial charge in [-0.2, -0.15) is 0 Å². The normalized spacial score (nSPS) is 19.6. The van der Waals surface area contributed by atoms with Gasteiger partial charge in [0, 0.05) is 6.42 Å². The van der Waals surface area contributed by atoms with Gasteiger partial charge in [-0.15, -0.1) is 0 Å². The van der Waals surface area contributed by atoms with Crippen molar-refractivity contribution in [3.8, 4) is 0 Å². The summed E-state index contributed by atoms with van der Waals surface area (Å²) >= 11 is 0. The van der Waals surface area contributed by atoms with Crippen molar-refractivity contribution in [2.75, 3.05) is 24.7 Å². The number of nitrogens with one attached hydrogen (secondary N) is 1. The molecule has 2 rings (SSSR count). The maximum absolute atomic E-state index is 12.3. The minimum Gasteiger partial charge on any atom is -0.465 e. The fourth-order valence-electron chi connectivity index (χ4n) is 2.16. The second-order valence-electron chi connectivity index (χ2n) is 4.55. The Labute approximate surface area is 121 Å². The van der Waals surface area contributed by atoms with Gasteiger partial charge in [-0.1, -0.05) is 17.3 Å². The molecule has 1 aliphatic rings. The van der Waals surface area contributed by atoms with Crippen LogP contribution in [0.15, 0.2) is 29.4 Å². The maximum Gasteiger partial charge on any atom is 0.408 e. The van der Waals surface area contributed by atoms with E-state index in [9.17, 15) is 9.59 Å². The largest absolute Gasteiger partial charge is 0.465 e. The van der Waals surface area contributed by atoms with Crippen molar-refractivity contribution < 1.29 is 19.5 Å². The van der Waals surface area contributed by atoms with Crippen molar-refractivity contribution in [3.63, 3.8) is 0 Å². The quantitative estimate of drug-likeness (QED) is 0.566. The third-order valence-corrected chi connectivity index (χ3v) is 3.15. The molecular formula is C13H16N4O4. The number of likely N-dealkylation sites (tertiary alicyclic amines) is 1. The van der Waals surface area contributed by atoms with Gasteiger partial charge in [-0.3, -0.25) is 9.69 Å². The Morgan fingerprint density at radius 1 is 1.48 bits per heavy atom. The summed E-state index contributed by atoms with van der Waals surface area (Å²) in [6.45, 7) is 0.0472. The highest BCUT2D eigenvalue weighted by Gasteiger charge is 2.38. The molecule has 21 heavy (non-hydrogen) atoms. The van der Waals surface area contributed by atoms with Gasteiger partial charge in [0.1, 0.15) is 13.2 Å². The lowest BCUT2D eigenvalue weighted by molar-refractivity contribution is -0.119. The smallest absolute Gasteiger partial charge is 0.408 e. The van der Waals surface area contributed by atoms with E-state index in [4.69, 9.17) is 10.8 Å². The second-order valence-corrected chi connectivity index (χ2v) is 4.55. The highest BCUT2D eigenvalue weighted by atomic mass is 16.6. The summed E-state index contributed by atoms with van der Waals surface area (Å²) in [6, 6.07) is 5.92. The van der Waals surface area contributed by atoms with Gasteiger partial charge >= 0.3 is 6.09 Å². The van der Waals surface area contributed by atoms with Gasteiger partial charge in [0.05, 0.1) is 23.6 Å². The highest BCUT2D eigenvalue weighted by Crippen LogP contribution is 2.21. The van der Waals surface area contributed by atoms with Crippen LogP contribution in [0.1, 0.15) is 6.42 Å². The number of anilines is 2. The van der Waals surface area contributed by atoms with Gasteiger partial charge in [0.15, 0.2) is 0 Å². The van der Waals surface area contributed by atoms with Gasteiger partial charge in [0.25, 0.3) is 0 Å². The molecule has 112 valence electrons. The lowest BCUT2D eigenvalue weighted by Gasteiger charge is -2.20. The fraction of sp³-hybridized carbons (Fsp3) is 0.308. The molecule has 0 aromatic heterocycles. The summed E-state index contributed by atoms with van der Waals surface area (Å²) in [7, 11) is 1.37. The Morgan fingerprint density at radius 3 is 2.81 bits per heavy atom.